The molecule has 7 nitrogen and oxygen atoms in total. The molecule has 1 amide bonds. The number of carbonyl (C=O) groups is 2. The molecule has 0 aliphatic rings. The number of esters is 1. The molecule has 0 aliphatic carbocycles. The SMILES string of the molecule is O=C(N/N=C/c1ccccc1OC(=O)c1sc2ccccc2c1Cl)c1ccn(Cc2ccc(Cl)cc2Cl)n1. The first-order valence-corrected chi connectivity index (χ1v) is 13.1. The van der Waals surface area contributed by atoms with Crippen LogP contribution in [0.1, 0.15) is 31.3 Å². The predicted molar refractivity (Wildman–Crippen MR) is 151 cm³/mol. The number of halogens is 3. The number of hydrogen-bond acceptors (Lipinski definition) is 6. The van der Waals surface area contributed by atoms with Crippen LogP contribution < -0.4 is 10.2 Å². The van der Waals surface area contributed by atoms with Crippen molar-refractivity contribution in [1.82, 2.24) is 15.2 Å². The highest BCUT2D eigenvalue weighted by Crippen LogP contribution is 2.36. The van der Waals surface area contributed by atoms with Gasteiger partial charge in [-0.05, 0) is 42.0 Å². The average Bonchev–Trinajstić information content (AvgIpc) is 3.51. The Kier molecular flexibility index (Phi) is 7.76. The van der Waals surface area contributed by atoms with Gasteiger partial charge in [0.2, 0.25) is 0 Å². The quantitative estimate of drug-likeness (QED) is 0.0959. The molecular weight excluding hydrogens is 567 g/mol. The molecule has 0 radical (unpaired) electrons. The second kappa shape index (κ2) is 11.4. The van der Waals surface area contributed by atoms with Gasteiger partial charge in [0.15, 0.2) is 5.69 Å². The van der Waals surface area contributed by atoms with Crippen molar-refractivity contribution in [2.75, 3.05) is 0 Å². The Labute approximate surface area is 236 Å². The van der Waals surface area contributed by atoms with Crippen molar-refractivity contribution in [2.45, 2.75) is 6.54 Å². The highest BCUT2D eigenvalue weighted by atomic mass is 35.5. The van der Waals surface area contributed by atoms with Crippen LogP contribution in [0.3, 0.4) is 0 Å². The fourth-order valence-corrected chi connectivity index (χ4v) is 5.44. The topological polar surface area (TPSA) is 85.6 Å². The zero-order valence-electron chi connectivity index (χ0n) is 19.4. The van der Waals surface area contributed by atoms with Crippen LogP contribution in [-0.4, -0.2) is 27.9 Å². The number of carbonyl (C=O) groups excluding carboxylic acids is 2. The van der Waals surface area contributed by atoms with Gasteiger partial charge in [0.05, 0.1) is 17.8 Å². The summed E-state index contributed by atoms with van der Waals surface area (Å²) in [5.74, 6) is -0.811. The molecule has 2 aromatic heterocycles. The van der Waals surface area contributed by atoms with Crippen molar-refractivity contribution >= 4 is 74.3 Å². The third-order valence-corrected chi connectivity index (χ3v) is 7.67. The van der Waals surface area contributed by atoms with Crippen LogP contribution in [0.2, 0.25) is 15.1 Å². The lowest BCUT2D eigenvalue weighted by Crippen LogP contribution is -2.19. The summed E-state index contributed by atoms with van der Waals surface area (Å²) in [6.07, 6.45) is 3.05. The summed E-state index contributed by atoms with van der Waals surface area (Å²) in [6.45, 7) is 0.370. The Bertz CT molecular complexity index is 1700. The highest BCUT2D eigenvalue weighted by Gasteiger charge is 2.20. The van der Waals surface area contributed by atoms with Gasteiger partial charge in [0.25, 0.3) is 5.91 Å². The largest absolute Gasteiger partial charge is 0.422 e. The maximum atomic E-state index is 12.9. The third kappa shape index (κ3) is 5.74. The van der Waals surface area contributed by atoms with Crippen LogP contribution in [0.4, 0.5) is 0 Å². The number of aromatic nitrogens is 2. The molecular formula is C27H17Cl3N4O3S. The van der Waals surface area contributed by atoms with E-state index in [0.29, 0.717) is 32.1 Å². The molecule has 3 aromatic carbocycles. The lowest BCUT2D eigenvalue weighted by atomic mass is 10.2. The van der Waals surface area contributed by atoms with Crippen molar-refractivity contribution in [3.63, 3.8) is 0 Å². The third-order valence-electron chi connectivity index (χ3n) is 5.43. The summed E-state index contributed by atoms with van der Waals surface area (Å²) >= 11 is 19.8. The Morgan fingerprint density at radius 1 is 1.03 bits per heavy atom. The Morgan fingerprint density at radius 2 is 1.82 bits per heavy atom. The van der Waals surface area contributed by atoms with Gasteiger partial charge in [-0.25, -0.2) is 10.2 Å². The van der Waals surface area contributed by atoms with Gasteiger partial charge in [-0.2, -0.15) is 10.2 Å². The van der Waals surface area contributed by atoms with Gasteiger partial charge < -0.3 is 4.74 Å². The molecule has 0 aliphatic heterocycles. The number of amides is 1. The maximum absolute atomic E-state index is 12.9. The molecule has 0 bridgehead atoms. The molecule has 0 spiro atoms. The van der Waals surface area contributed by atoms with Gasteiger partial charge in [-0.3, -0.25) is 9.48 Å². The summed E-state index contributed by atoms with van der Waals surface area (Å²) in [6, 6.07) is 21.1. The monoisotopic (exact) mass is 582 g/mol. The lowest BCUT2D eigenvalue weighted by Gasteiger charge is -2.06. The molecule has 38 heavy (non-hydrogen) atoms. The standard InChI is InChI=1S/C27H17Cl3N4O3S/c28-18-10-9-17(20(29)13-18)15-34-12-11-21(33-34)26(35)32-31-14-16-5-1-3-7-22(16)37-27(36)25-24(30)19-6-2-4-8-23(19)38-25/h1-14H,15H2,(H,32,35)/b31-14+. The highest BCUT2D eigenvalue weighted by molar-refractivity contribution is 7.21. The number of rotatable bonds is 7. The first kappa shape index (κ1) is 25.9. The zero-order chi connectivity index (χ0) is 26.6. The molecule has 5 aromatic rings. The summed E-state index contributed by atoms with van der Waals surface area (Å²) in [5.41, 5.74) is 3.91. The number of benzene rings is 3. The van der Waals surface area contributed by atoms with Gasteiger partial charge in [-0.1, -0.05) is 71.2 Å². The Balaban J connectivity index is 1.24. The lowest BCUT2D eigenvalue weighted by molar-refractivity contribution is 0.0739. The van der Waals surface area contributed by atoms with Crippen LogP contribution in [0.15, 0.2) is 84.1 Å². The minimum Gasteiger partial charge on any atom is -0.422 e. The van der Waals surface area contributed by atoms with E-state index in [0.717, 1.165) is 15.6 Å². The molecule has 0 atom stereocenters. The van der Waals surface area contributed by atoms with Crippen molar-refractivity contribution in [3.8, 4) is 5.75 Å². The van der Waals surface area contributed by atoms with Crippen LogP contribution in [-0.2, 0) is 6.54 Å². The van der Waals surface area contributed by atoms with Crippen LogP contribution in [0.5, 0.6) is 5.75 Å². The molecule has 0 saturated carbocycles. The normalized spacial score (nSPS) is 11.2. The van der Waals surface area contributed by atoms with E-state index in [1.54, 1.807) is 59.4 Å². The first-order valence-electron chi connectivity index (χ1n) is 11.2. The van der Waals surface area contributed by atoms with E-state index in [9.17, 15) is 9.59 Å². The fourth-order valence-electron chi connectivity index (χ4n) is 3.58. The fraction of sp³-hybridized carbons (Fsp3) is 0.0370. The van der Waals surface area contributed by atoms with Crippen molar-refractivity contribution in [3.05, 3.63) is 116 Å². The van der Waals surface area contributed by atoms with E-state index in [-0.39, 0.29) is 11.4 Å². The van der Waals surface area contributed by atoms with E-state index in [1.165, 1.54) is 17.6 Å². The molecule has 0 fully saturated rings. The second-order valence-electron chi connectivity index (χ2n) is 8.00. The number of nitrogens with zero attached hydrogens (tertiary/aromatic N) is 3. The number of hydrazone groups is 1. The minimum atomic E-state index is -0.576. The molecule has 0 saturated heterocycles. The molecule has 190 valence electrons. The van der Waals surface area contributed by atoms with Gasteiger partial charge in [0.1, 0.15) is 10.6 Å². The zero-order valence-corrected chi connectivity index (χ0v) is 22.5. The molecule has 1 N–H and O–H groups in total. The first-order chi connectivity index (χ1) is 18.4. The number of thiophene rings is 1. The van der Waals surface area contributed by atoms with Gasteiger partial charge in [0, 0.05) is 31.9 Å². The summed E-state index contributed by atoms with van der Waals surface area (Å²) in [4.78, 5) is 25.7. The predicted octanol–water partition coefficient (Wildman–Crippen LogP) is 7.09. The van der Waals surface area contributed by atoms with Crippen molar-refractivity contribution < 1.29 is 14.3 Å². The van der Waals surface area contributed by atoms with Crippen LogP contribution >= 0.6 is 46.1 Å². The maximum Gasteiger partial charge on any atom is 0.355 e. The number of para-hydroxylation sites is 1. The smallest absolute Gasteiger partial charge is 0.355 e. The molecule has 2 heterocycles. The van der Waals surface area contributed by atoms with E-state index < -0.39 is 11.9 Å². The second-order valence-corrected chi connectivity index (χ2v) is 10.3. The van der Waals surface area contributed by atoms with Crippen molar-refractivity contribution in [2.24, 2.45) is 5.10 Å². The van der Waals surface area contributed by atoms with Gasteiger partial charge >= 0.3 is 5.97 Å². The molecule has 11 heteroatoms. The number of nitrogens with one attached hydrogen (secondary N) is 1. The Hall–Kier alpha value is -3.69. The minimum absolute atomic E-state index is 0.173. The van der Waals surface area contributed by atoms with E-state index >= 15 is 0 Å². The summed E-state index contributed by atoms with van der Waals surface area (Å²) < 4.78 is 8.08. The number of ether oxygens (including phenoxy) is 1. The van der Waals surface area contributed by atoms with Crippen LogP contribution in [0, 0.1) is 0 Å². The average molecular weight is 584 g/mol. The summed E-state index contributed by atoms with van der Waals surface area (Å²) in [5, 5.41) is 10.5. The van der Waals surface area contributed by atoms with Crippen LogP contribution in [0.25, 0.3) is 10.1 Å². The number of fused-ring (bicyclic) bond motifs is 1. The van der Waals surface area contributed by atoms with Crippen molar-refractivity contribution in [1.29, 1.82) is 0 Å². The van der Waals surface area contributed by atoms with E-state index in [1.807, 2.05) is 24.3 Å². The molecule has 5 rings (SSSR count). The molecule has 0 unspecified atom stereocenters. The Morgan fingerprint density at radius 3 is 2.63 bits per heavy atom. The van der Waals surface area contributed by atoms with Gasteiger partial charge in [-0.15, -0.1) is 11.3 Å². The number of hydrogen-bond donors (Lipinski definition) is 1. The van der Waals surface area contributed by atoms with E-state index in [2.05, 4.69) is 15.6 Å². The summed E-state index contributed by atoms with van der Waals surface area (Å²) in [7, 11) is 0. The van der Waals surface area contributed by atoms with E-state index in [4.69, 9.17) is 39.5 Å².